The third-order valence-corrected chi connectivity index (χ3v) is 3.89. The molecule has 0 aromatic heterocycles. The fourth-order valence-electron chi connectivity index (χ4n) is 2.54. The number of carbonyl (C=O) groups excluding carboxylic acids is 2. The molecule has 1 aromatic carbocycles. The first-order valence-electron chi connectivity index (χ1n) is 7.50. The first-order chi connectivity index (χ1) is 10.5. The largest absolute Gasteiger partial charge is 0.381 e. The minimum Gasteiger partial charge on any atom is -0.381 e. The topological polar surface area (TPSA) is 93.5 Å². The summed E-state index contributed by atoms with van der Waals surface area (Å²) < 4.78 is 5.29. The van der Waals surface area contributed by atoms with Crippen LogP contribution in [0.1, 0.15) is 25.3 Å². The van der Waals surface area contributed by atoms with Gasteiger partial charge in [-0.05, 0) is 43.4 Å². The van der Waals surface area contributed by atoms with Crippen LogP contribution in [0.4, 0.5) is 11.4 Å². The Kier molecular flexibility index (Phi) is 7.48. The molecular weight excluding hydrogens is 318 g/mol. The number of aryl methyl sites for hydroxylation is 1. The Labute approximate surface area is 142 Å². The SMILES string of the molecule is CC(=O)Nc1ccc(C)c(NC(=O)C(N)C2CCOCC2)c1.Cl. The summed E-state index contributed by atoms with van der Waals surface area (Å²) in [5.41, 5.74) is 8.30. The first-order valence-corrected chi connectivity index (χ1v) is 7.50. The van der Waals surface area contributed by atoms with Gasteiger partial charge in [-0.3, -0.25) is 9.59 Å². The molecule has 2 rings (SSSR count). The lowest BCUT2D eigenvalue weighted by molar-refractivity contribution is -0.119. The quantitative estimate of drug-likeness (QED) is 0.781. The normalized spacial score (nSPS) is 16.1. The van der Waals surface area contributed by atoms with Crippen LogP contribution in [-0.2, 0) is 14.3 Å². The summed E-state index contributed by atoms with van der Waals surface area (Å²) in [5, 5.41) is 5.57. The first kappa shape index (κ1) is 19.4. The van der Waals surface area contributed by atoms with E-state index in [1.807, 2.05) is 13.0 Å². The van der Waals surface area contributed by atoms with Gasteiger partial charge in [0.1, 0.15) is 0 Å². The molecule has 1 aliphatic heterocycles. The Balaban J connectivity index is 0.00000264. The van der Waals surface area contributed by atoms with Crippen LogP contribution >= 0.6 is 12.4 Å². The van der Waals surface area contributed by atoms with E-state index in [9.17, 15) is 9.59 Å². The predicted molar refractivity (Wildman–Crippen MR) is 92.9 cm³/mol. The molecule has 1 aliphatic rings. The van der Waals surface area contributed by atoms with Crippen molar-refractivity contribution in [3.8, 4) is 0 Å². The molecule has 4 N–H and O–H groups in total. The monoisotopic (exact) mass is 341 g/mol. The lowest BCUT2D eigenvalue weighted by Crippen LogP contribution is -2.44. The van der Waals surface area contributed by atoms with Gasteiger partial charge in [0, 0.05) is 31.5 Å². The van der Waals surface area contributed by atoms with Gasteiger partial charge >= 0.3 is 0 Å². The summed E-state index contributed by atoms with van der Waals surface area (Å²) in [6.45, 7) is 4.65. The van der Waals surface area contributed by atoms with Crippen molar-refractivity contribution in [1.29, 1.82) is 0 Å². The van der Waals surface area contributed by atoms with E-state index >= 15 is 0 Å². The fourth-order valence-corrected chi connectivity index (χ4v) is 2.54. The Morgan fingerprint density at radius 3 is 2.52 bits per heavy atom. The molecule has 128 valence electrons. The summed E-state index contributed by atoms with van der Waals surface area (Å²) in [7, 11) is 0. The van der Waals surface area contributed by atoms with Gasteiger partial charge < -0.3 is 21.1 Å². The van der Waals surface area contributed by atoms with Gasteiger partial charge in [0.25, 0.3) is 0 Å². The van der Waals surface area contributed by atoms with Crippen LogP contribution in [0.2, 0.25) is 0 Å². The molecule has 0 radical (unpaired) electrons. The minimum atomic E-state index is -0.548. The molecule has 0 bridgehead atoms. The van der Waals surface area contributed by atoms with Crippen LogP contribution in [0.3, 0.4) is 0 Å². The molecule has 1 aromatic rings. The molecule has 1 heterocycles. The third-order valence-electron chi connectivity index (χ3n) is 3.89. The number of ether oxygens (including phenoxy) is 1. The number of hydrogen-bond donors (Lipinski definition) is 3. The lowest BCUT2D eigenvalue weighted by Gasteiger charge is -2.27. The van der Waals surface area contributed by atoms with Crippen molar-refractivity contribution in [2.45, 2.75) is 32.7 Å². The van der Waals surface area contributed by atoms with Crippen molar-refractivity contribution in [1.82, 2.24) is 0 Å². The number of nitrogens with one attached hydrogen (secondary N) is 2. The average Bonchev–Trinajstić information content (AvgIpc) is 2.50. The van der Waals surface area contributed by atoms with E-state index in [1.165, 1.54) is 6.92 Å². The molecule has 1 atom stereocenters. The zero-order chi connectivity index (χ0) is 16.1. The summed E-state index contributed by atoms with van der Waals surface area (Å²) >= 11 is 0. The van der Waals surface area contributed by atoms with Crippen LogP contribution in [0.5, 0.6) is 0 Å². The highest BCUT2D eigenvalue weighted by atomic mass is 35.5. The molecule has 2 amide bonds. The number of anilines is 2. The van der Waals surface area contributed by atoms with Gasteiger partial charge in [-0.15, -0.1) is 12.4 Å². The molecule has 23 heavy (non-hydrogen) atoms. The van der Waals surface area contributed by atoms with Crippen LogP contribution in [0.15, 0.2) is 18.2 Å². The van der Waals surface area contributed by atoms with Crippen molar-refractivity contribution in [2.24, 2.45) is 11.7 Å². The Morgan fingerprint density at radius 1 is 1.26 bits per heavy atom. The van der Waals surface area contributed by atoms with Crippen LogP contribution in [0.25, 0.3) is 0 Å². The van der Waals surface area contributed by atoms with Gasteiger partial charge in [-0.1, -0.05) is 6.07 Å². The van der Waals surface area contributed by atoms with E-state index in [2.05, 4.69) is 10.6 Å². The second-order valence-corrected chi connectivity index (χ2v) is 5.68. The number of nitrogens with two attached hydrogens (primary N) is 1. The molecule has 0 saturated carbocycles. The van der Waals surface area contributed by atoms with E-state index in [-0.39, 0.29) is 30.1 Å². The van der Waals surface area contributed by atoms with Crippen LogP contribution in [0, 0.1) is 12.8 Å². The van der Waals surface area contributed by atoms with E-state index in [1.54, 1.807) is 12.1 Å². The van der Waals surface area contributed by atoms with Crippen molar-refractivity contribution in [2.75, 3.05) is 23.8 Å². The zero-order valence-electron chi connectivity index (χ0n) is 13.4. The maximum atomic E-state index is 12.3. The Bertz CT molecular complexity index is 560. The minimum absolute atomic E-state index is 0. The molecule has 1 unspecified atom stereocenters. The molecule has 7 heteroatoms. The number of carbonyl (C=O) groups is 2. The Hall–Kier alpha value is -1.63. The second-order valence-electron chi connectivity index (χ2n) is 5.68. The maximum Gasteiger partial charge on any atom is 0.241 e. The highest BCUT2D eigenvalue weighted by molar-refractivity contribution is 5.97. The molecule has 1 saturated heterocycles. The van der Waals surface area contributed by atoms with Crippen molar-refractivity contribution < 1.29 is 14.3 Å². The fraction of sp³-hybridized carbons (Fsp3) is 0.500. The van der Waals surface area contributed by atoms with E-state index in [0.717, 1.165) is 18.4 Å². The summed E-state index contributed by atoms with van der Waals surface area (Å²) in [4.78, 5) is 23.4. The predicted octanol–water partition coefficient (Wildman–Crippen LogP) is 2.07. The van der Waals surface area contributed by atoms with Crippen LogP contribution < -0.4 is 16.4 Å². The molecular formula is C16H24ClN3O3. The summed E-state index contributed by atoms with van der Waals surface area (Å²) in [5.74, 6) is -0.206. The average molecular weight is 342 g/mol. The van der Waals surface area contributed by atoms with Gasteiger partial charge in [-0.25, -0.2) is 0 Å². The van der Waals surface area contributed by atoms with Crippen molar-refractivity contribution in [3.05, 3.63) is 23.8 Å². The highest BCUT2D eigenvalue weighted by Gasteiger charge is 2.26. The van der Waals surface area contributed by atoms with Crippen molar-refractivity contribution in [3.63, 3.8) is 0 Å². The molecule has 0 spiro atoms. The number of amides is 2. The van der Waals surface area contributed by atoms with Gasteiger partial charge in [0.15, 0.2) is 0 Å². The number of rotatable bonds is 4. The standard InChI is InChI=1S/C16H23N3O3.ClH/c1-10-3-4-13(18-11(2)20)9-14(10)19-16(21)15(17)12-5-7-22-8-6-12;/h3-4,9,12,15H,5-8,17H2,1-2H3,(H,18,20)(H,19,21);1H. The zero-order valence-corrected chi connectivity index (χ0v) is 14.2. The maximum absolute atomic E-state index is 12.3. The van der Waals surface area contributed by atoms with Gasteiger partial charge in [0.2, 0.25) is 11.8 Å². The smallest absolute Gasteiger partial charge is 0.241 e. The van der Waals surface area contributed by atoms with Crippen LogP contribution in [-0.4, -0.2) is 31.1 Å². The van der Waals surface area contributed by atoms with E-state index in [4.69, 9.17) is 10.5 Å². The molecule has 0 aliphatic carbocycles. The van der Waals surface area contributed by atoms with E-state index < -0.39 is 6.04 Å². The number of halogens is 1. The van der Waals surface area contributed by atoms with E-state index in [0.29, 0.717) is 24.6 Å². The summed E-state index contributed by atoms with van der Waals surface area (Å²) in [6.07, 6.45) is 1.61. The summed E-state index contributed by atoms with van der Waals surface area (Å²) in [6, 6.07) is 4.84. The molecule has 1 fully saturated rings. The Morgan fingerprint density at radius 2 is 1.91 bits per heavy atom. The highest BCUT2D eigenvalue weighted by Crippen LogP contribution is 2.22. The second kappa shape index (κ2) is 8.86. The third kappa shape index (κ3) is 5.49. The van der Waals surface area contributed by atoms with Gasteiger partial charge in [-0.2, -0.15) is 0 Å². The number of benzene rings is 1. The molecule has 6 nitrogen and oxygen atoms in total. The number of hydrogen-bond acceptors (Lipinski definition) is 4. The van der Waals surface area contributed by atoms with Gasteiger partial charge in [0.05, 0.1) is 6.04 Å². The van der Waals surface area contributed by atoms with Crippen molar-refractivity contribution >= 4 is 35.6 Å². The lowest BCUT2D eigenvalue weighted by atomic mass is 9.92.